The molecule has 80 valence electrons. The summed E-state index contributed by atoms with van der Waals surface area (Å²) < 4.78 is 5.38. The van der Waals surface area contributed by atoms with Crippen LogP contribution < -0.4 is 5.73 Å². The molecule has 1 rings (SSSR count). The van der Waals surface area contributed by atoms with E-state index in [2.05, 4.69) is 4.98 Å². The van der Waals surface area contributed by atoms with Crippen LogP contribution in [0.3, 0.4) is 0 Å². The van der Waals surface area contributed by atoms with Crippen molar-refractivity contribution in [3.8, 4) is 0 Å². The van der Waals surface area contributed by atoms with Gasteiger partial charge in [-0.2, -0.15) is 0 Å². The normalized spacial score (nSPS) is 13.1. The Labute approximate surface area is 87.9 Å². The van der Waals surface area contributed by atoms with E-state index in [-0.39, 0.29) is 12.6 Å². The molecule has 0 amide bonds. The van der Waals surface area contributed by atoms with E-state index in [9.17, 15) is 0 Å². The minimum atomic E-state index is -0.00230. The predicted molar refractivity (Wildman–Crippen MR) is 56.4 cm³/mol. The van der Waals surface area contributed by atoms with E-state index in [1.54, 1.807) is 0 Å². The summed E-state index contributed by atoms with van der Waals surface area (Å²) in [6, 6.07) is -0.00230. The highest BCUT2D eigenvalue weighted by Gasteiger charge is 2.08. The van der Waals surface area contributed by atoms with E-state index < -0.39 is 0 Å². The summed E-state index contributed by atoms with van der Waals surface area (Å²) in [4.78, 5) is 4.22. The van der Waals surface area contributed by atoms with Crippen molar-refractivity contribution in [3.05, 3.63) is 11.5 Å². The fourth-order valence-corrected chi connectivity index (χ4v) is 1.84. The zero-order valence-electron chi connectivity index (χ0n) is 8.49. The average Bonchev–Trinajstić information content (AvgIpc) is 2.44. The molecular weight excluding hydrogens is 200 g/mol. The van der Waals surface area contributed by atoms with Crippen molar-refractivity contribution in [3.63, 3.8) is 0 Å². The SMILES string of the molecule is Cc1nc(SCC(N)CCO)oc1C. The Kier molecular flexibility index (Phi) is 4.44. The molecule has 0 aliphatic carbocycles. The molecule has 0 fully saturated rings. The van der Waals surface area contributed by atoms with Gasteiger partial charge in [-0.25, -0.2) is 4.98 Å². The number of nitrogens with zero attached hydrogens (tertiary/aromatic N) is 1. The van der Waals surface area contributed by atoms with Gasteiger partial charge in [0.15, 0.2) is 0 Å². The van der Waals surface area contributed by atoms with Gasteiger partial charge in [-0.3, -0.25) is 0 Å². The number of aromatic nitrogens is 1. The maximum Gasteiger partial charge on any atom is 0.256 e. The fourth-order valence-electron chi connectivity index (χ4n) is 0.933. The molecule has 1 heterocycles. The molecule has 0 aliphatic rings. The van der Waals surface area contributed by atoms with Crippen LogP contribution in [-0.4, -0.2) is 28.5 Å². The number of rotatable bonds is 5. The van der Waals surface area contributed by atoms with Crippen LogP contribution in [0.4, 0.5) is 0 Å². The molecule has 0 bridgehead atoms. The molecular formula is C9H16N2O2S. The summed E-state index contributed by atoms with van der Waals surface area (Å²) in [6.45, 7) is 3.93. The number of hydrogen-bond acceptors (Lipinski definition) is 5. The molecule has 0 saturated carbocycles. The minimum Gasteiger partial charge on any atom is -0.437 e. The highest BCUT2D eigenvalue weighted by molar-refractivity contribution is 7.99. The predicted octanol–water partition coefficient (Wildman–Crippen LogP) is 1.09. The second-order valence-corrected chi connectivity index (χ2v) is 4.18. The molecule has 3 N–H and O–H groups in total. The van der Waals surface area contributed by atoms with Gasteiger partial charge in [0.2, 0.25) is 0 Å². The molecule has 1 aromatic heterocycles. The van der Waals surface area contributed by atoms with Gasteiger partial charge in [-0.1, -0.05) is 11.8 Å². The van der Waals surface area contributed by atoms with Crippen LogP contribution in [0.5, 0.6) is 0 Å². The van der Waals surface area contributed by atoms with E-state index in [1.165, 1.54) is 11.8 Å². The van der Waals surface area contributed by atoms with Crippen molar-refractivity contribution < 1.29 is 9.52 Å². The molecule has 0 radical (unpaired) electrons. The van der Waals surface area contributed by atoms with Gasteiger partial charge in [-0.05, 0) is 20.3 Å². The lowest BCUT2D eigenvalue weighted by Gasteiger charge is -2.06. The molecule has 1 unspecified atom stereocenters. The number of thioether (sulfide) groups is 1. The summed E-state index contributed by atoms with van der Waals surface area (Å²) in [5.41, 5.74) is 6.65. The van der Waals surface area contributed by atoms with Crippen LogP contribution in [0.15, 0.2) is 9.64 Å². The lowest BCUT2D eigenvalue weighted by Crippen LogP contribution is -2.23. The van der Waals surface area contributed by atoms with E-state index in [1.807, 2.05) is 13.8 Å². The highest BCUT2D eigenvalue weighted by atomic mass is 32.2. The summed E-state index contributed by atoms with van der Waals surface area (Å²) in [7, 11) is 0. The van der Waals surface area contributed by atoms with Crippen molar-refractivity contribution in [1.29, 1.82) is 0 Å². The van der Waals surface area contributed by atoms with Crippen molar-refractivity contribution in [2.24, 2.45) is 5.73 Å². The van der Waals surface area contributed by atoms with E-state index in [0.717, 1.165) is 17.2 Å². The Morgan fingerprint density at radius 3 is 2.79 bits per heavy atom. The number of aliphatic hydroxyl groups is 1. The van der Waals surface area contributed by atoms with Gasteiger partial charge in [0.1, 0.15) is 5.76 Å². The second kappa shape index (κ2) is 5.38. The smallest absolute Gasteiger partial charge is 0.256 e. The van der Waals surface area contributed by atoms with Gasteiger partial charge in [0.25, 0.3) is 5.22 Å². The van der Waals surface area contributed by atoms with Crippen LogP contribution in [0, 0.1) is 13.8 Å². The lowest BCUT2D eigenvalue weighted by molar-refractivity contribution is 0.279. The molecule has 0 saturated heterocycles. The molecule has 1 aromatic rings. The first-order valence-electron chi connectivity index (χ1n) is 4.56. The minimum absolute atomic E-state index is 0.00230. The summed E-state index contributed by atoms with van der Waals surface area (Å²) >= 11 is 1.49. The van der Waals surface area contributed by atoms with E-state index >= 15 is 0 Å². The van der Waals surface area contributed by atoms with Crippen LogP contribution in [0.1, 0.15) is 17.9 Å². The van der Waals surface area contributed by atoms with Crippen LogP contribution >= 0.6 is 11.8 Å². The Hall–Kier alpha value is -0.520. The van der Waals surface area contributed by atoms with Gasteiger partial charge in [0.05, 0.1) is 5.69 Å². The second-order valence-electron chi connectivity index (χ2n) is 3.20. The Morgan fingerprint density at radius 2 is 2.29 bits per heavy atom. The van der Waals surface area contributed by atoms with Gasteiger partial charge >= 0.3 is 0 Å². The quantitative estimate of drug-likeness (QED) is 0.721. The van der Waals surface area contributed by atoms with Crippen molar-refractivity contribution >= 4 is 11.8 Å². The average molecular weight is 216 g/mol. The maximum absolute atomic E-state index is 8.65. The largest absolute Gasteiger partial charge is 0.437 e. The van der Waals surface area contributed by atoms with Crippen molar-refractivity contribution in [2.45, 2.75) is 31.5 Å². The lowest BCUT2D eigenvalue weighted by atomic mass is 10.3. The number of nitrogens with two attached hydrogens (primary N) is 1. The number of aryl methyl sites for hydroxylation is 2. The number of aliphatic hydroxyl groups excluding tert-OH is 1. The Morgan fingerprint density at radius 1 is 1.57 bits per heavy atom. The fraction of sp³-hybridized carbons (Fsp3) is 0.667. The van der Waals surface area contributed by atoms with Crippen LogP contribution in [0.25, 0.3) is 0 Å². The Balaban J connectivity index is 2.38. The molecule has 0 spiro atoms. The highest BCUT2D eigenvalue weighted by Crippen LogP contribution is 2.20. The topological polar surface area (TPSA) is 72.3 Å². The Bertz CT molecular complexity index is 269. The third-order valence-corrected chi connectivity index (χ3v) is 2.95. The zero-order valence-corrected chi connectivity index (χ0v) is 9.30. The molecule has 5 heteroatoms. The first kappa shape index (κ1) is 11.6. The third-order valence-electron chi connectivity index (χ3n) is 1.93. The number of oxazole rings is 1. The van der Waals surface area contributed by atoms with Crippen molar-refractivity contribution in [2.75, 3.05) is 12.4 Å². The first-order chi connectivity index (χ1) is 6.63. The standard InChI is InChI=1S/C9H16N2O2S/c1-6-7(2)13-9(11-6)14-5-8(10)3-4-12/h8,12H,3-5,10H2,1-2H3. The number of hydrogen-bond donors (Lipinski definition) is 2. The van der Waals surface area contributed by atoms with Crippen LogP contribution in [0.2, 0.25) is 0 Å². The van der Waals surface area contributed by atoms with Crippen molar-refractivity contribution in [1.82, 2.24) is 4.98 Å². The van der Waals surface area contributed by atoms with Crippen LogP contribution in [-0.2, 0) is 0 Å². The molecule has 0 aromatic carbocycles. The molecule has 4 nitrogen and oxygen atoms in total. The van der Waals surface area contributed by atoms with E-state index in [4.69, 9.17) is 15.3 Å². The van der Waals surface area contributed by atoms with Gasteiger partial charge in [0, 0.05) is 18.4 Å². The molecule has 14 heavy (non-hydrogen) atoms. The molecule has 0 aliphatic heterocycles. The zero-order chi connectivity index (χ0) is 10.6. The van der Waals surface area contributed by atoms with Gasteiger partial charge < -0.3 is 15.3 Å². The first-order valence-corrected chi connectivity index (χ1v) is 5.55. The summed E-state index contributed by atoms with van der Waals surface area (Å²) in [6.07, 6.45) is 0.617. The molecule has 1 atom stereocenters. The maximum atomic E-state index is 8.65. The third kappa shape index (κ3) is 3.32. The monoisotopic (exact) mass is 216 g/mol. The van der Waals surface area contributed by atoms with E-state index in [0.29, 0.717) is 11.6 Å². The summed E-state index contributed by atoms with van der Waals surface area (Å²) in [5, 5.41) is 9.31. The summed E-state index contributed by atoms with van der Waals surface area (Å²) in [5.74, 6) is 1.57. The van der Waals surface area contributed by atoms with Gasteiger partial charge in [-0.15, -0.1) is 0 Å².